The molecule has 0 bridgehead atoms. The van der Waals surface area contributed by atoms with E-state index in [1.54, 1.807) is 0 Å². The summed E-state index contributed by atoms with van der Waals surface area (Å²) in [7, 11) is 0. The first-order valence-electron chi connectivity index (χ1n) is 12.3. The molecule has 0 saturated heterocycles. The zero-order chi connectivity index (χ0) is 25.3. The Labute approximate surface area is 212 Å². The van der Waals surface area contributed by atoms with E-state index < -0.39 is 6.10 Å². The first-order valence-corrected chi connectivity index (χ1v) is 12.3. The number of para-hydroxylation sites is 1. The fraction of sp³-hybridized carbons (Fsp3) is 0.300. The molecule has 4 rings (SSSR count). The number of fused-ring (bicyclic) bond motifs is 1. The lowest BCUT2D eigenvalue weighted by atomic mass is 10.1. The van der Waals surface area contributed by atoms with E-state index in [1.807, 2.05) is 92.7 Å². The van der Waals surface area contributed by atoms with Crippen molar-refractivity contribution in [2.45, 2.75) is 45.8 Å². The van der Waals surface area contributed by atoms with Crippen LogP contribution in [-0.2, 0) is 14.3 Å². The summed E-state index contributed by atoms with van der Waals surface area (Å²) < 4.78 is 17.4. The molecule has 36 heavy (non-hydrogen) atoms. The highest BCUT2D eigenvalue weighted by molar-refractivity contribution is 5.85. The average molecular weight is 485 g/mol. The molecule has 0 radical (unpaired) electrons. The van der Waals surface area contributed by atoms with E-state index in [-0.39, 0.29) is 12.1 Å². The van der Waals surface area contributed by atoms with Crippen molar-refractivity contribution in [3.05, 3.63) is 90.0 Å². The highest BCUT2D eigenvalue weighted by atomic mass is 16.6. The van der Waals surface area contributed by atoms with Crippen molar-refractivity contribution in [3.8, 4) is 17.3 Å². The number of benzene rings is 3. The third-order valence-electron chi connectivity index (χ3n) is 5.61. The quantitative estimate of drug-likeness (QED) is 0.179. The monoisotopic (exact) mass is 484 g/mol. The van der Waals surface area contributed by atoms with Crippen molar-refractivity contribution in [1.29, 1.82) is 0 Å². The van der Waals surface area contributed by atoms with Crippen LogP contribution < -0.4 is 4.74 Å². The lowest BCUT2D eigenvalue weighted by Gasteiger charge is -2.19. The molecule has 0 fully saturated rings. The molecule has 1 unspecified atom stereocenters. The molecule has 1 aromatic heterocycles. The largest absolute Gasteiger partial charge is 0.477 e. The first kappa shape index (κ1) is 25.3. The summed E-state index contributed by atoms with van der Waals surface area (Å²) in [4.78, 5) is 22.0. The number of aromatic nitrogens is 2. The van der Waals surface area contributed by atoms with E-state index in [1.165, 1.54) is 5.56 Å². The van der Waals surface area contributed by atoms with Crippen molar-refractivity contribution >= 4 is 16.9 Å². The van der Waals surface area contributed by atoms with Crippen molar-refractivity contribution in [2.75, 3.05) is 13.2 Å². The Hall–Kier alpha value is -3.77. The number of nitrogens with zero attached hydrogens (tertiary/aromatic N) is 2. The SMILES string of the molecule is Cc1ccc(-c2nc(OCCCCOC(C(=O)OC(C)C)c3ccccc3)c3ccccc3n2)cc1. The number of aryl methyl sites for hydroxylation is 1. The molecule has 6 heteroatoms. The number of hydrogen-bond acceptors (Lipinski definition) is 6. The van der Waals surface area contributed by atoms with E-state index >= 15 is 0 Å². The molecule has 0 amide bonds. The summed E-state index contributed by atoms with van der Waals surface area (Å²) >= 11 is 0. The van der Waals surface area contributed by atoms with Crippen LogP contribution in [0.2, 0.25) is 0 Å². The summed E-state index contributed by atoms with van der Waals surface area (Å²) in [6.45, 7) is 6.61. The Morgan fingerprint density at radius 2 is 1.53 bits per heavy atom. The van der Waals surface area contributed by atoms with Gasteiger partial charge in [-0.2, -0.15) is 4.98 Å². The number of carbonyl (C=O) groups is 1. The number of hydrogen-bond donors (Lipinski definition) is 0. The van der Waals surface area contributed by atoms with Crippen LogP contribution in [0.5, 0.6) is 5.88 Å². The molecule has 3 aromatic carbocycles. The third-order valence-corrected chi connectivity index (χ3v) is 5.61. The Bertz CT molecular complexity index is 1270. The van der Waals surface area contributed by atoms with Gasteiger partial charge in [0, 0.05) is 12.2 Å². The van der Waals surface area contributed by atoms with Crippen LogP contribution in [0.3, 0.4) is 0 Å². The molecule has 6 nitrogen and oxygen atoms in total. The normalized spacial score (nSPS) is 12.0. The van der Waals surface area contributed by atoms with Gasteiger partial charge in [0.25, 0.3) is 0 Å². The molecule has 0 aliphatic heterocycles. The van der Waals surface area contributed by atoms with Crippen molar-refractivity contribution in [1.82, 2.24) is 9.97 Å². The van der Waals surface area contributed by atoms with Crippen LogP contribution in [0.1, 0.15) is 43.9 Å². The summed E-state index contributed by atoms with van der Waals surface area (Å²) in [5, 5.41) is 0.880. The number of ether oxygens (including phenoxy) is 3. The second-order valence-electron chi connectivity index (χ2n) is 8.94. The standard InChI is InChI=1S/C30H32N2O4/c1-21(2)36-30(33)27(23-11-5-4-6-12-23)34-19-9-10-20-35-29-25-13-7-8-14-26(25)31-28(32-29)24-17-15-22(3)16-18-24/h4-8,11-18,21,27H,9-10,19-20H2,1-3H3. The Morgan fingerprint density at radius 3 is 2.28 bits per heavy atom. The Morgan fingerprint density at radius 1 is 0.833 bits per heavy atom. The van der Waals surface area contributed by atoms with Gasteiger partial charge in [0.2, 0.25) is 5.88 Å². The van der Waals surface area contributed by atoms with Gasteiger partial charge in [-0.1, -0.05) is 72.3 Å². The lowest BCUT2D eigenvalue weighted by Crippen LogP contribution is -2.22. The van der Waals surface area contributed by atoms with Gasteiger partial charge in [0.15, 0.2) is 11.9 Å². The summed E-state index contributed by atoms with van der Waals surface area (Å²) in [6, 6.07) is 25.4. The van der Waals surface area contributed by atoms with Gasteiger partial charge in [-0.3, -0.25) is 0 Å². The van der Waals surface area contributed by atoms with Gasteiger partial charge in [0.05, 0.1) is 23.6 Å². The van der Waals surface area contributed by atoms with Crippen molar-refractivity contribution in [2.24, 2.45) is 0 Å². The van der Waals surface area contributed by atoms with Gasteiger partial charge < -0.3 is 14.2 Å². The van der Waals surface area contributed by atoms with Crippen LogP contribution in [0.15, 0.2) is 78.9 Å². The van der Waals surface area contributed by atoms with E-state index in [0.29, 0.717) is 24.9 Å². The van der Waals surface area contributed by atoms with Crippen molar-refractivity contribution in [3.63, 3.8) is 0 Å². The molecule has 0 N–H and O–H groups in total. The van der Waals surface area contributed by atoms with Gasteiger partial charge in [-0.05, 0) is 51.3 Å². The summed E-state index contributed by atoms with van der Waals surface area (Å²) in [6.07, 6.45) is 0.538. The minimum atomic E-state index is -0.739. The number of carbonyl (C=O) groups excluding carboxylic acids is 1. The topological polar surface area (TPSA) is 70.5 Å². The Balaban J connectivity index is 1.36. The molecule has 0 spiro atoms. The summed E-state index contributed by atoms with van der Waals surface area (Å²) in [5.41, 5.74) is 3.77. The zero-order valence-electron chi connectivity index (χ0n) is 21.0. The molecular formula is C30H32N2O4. The van der Waals surface area contributed by atoms with Gasteiger partial charge in [-0.25, -0.2) is 9.78 Å². The fourth-order valence-electron chi connectivity index (χ4n) is 3.79. The summed E-state index contributed by atoms with van der Waals surface area (Å²) in [5.74, 6) is 0.838. The molecule has 0 aliphatic carbocycles. The molecular weight excluding hydrogens is 452 g/mol. The number of esters is 1. The predicted octanol–water partition coefficient (Wildman–Crippen LogP) is 6.47. The highest BCUT2D eigenvalue weighted by Crippen LogP contribution is 2.27. The fourth-order valence-corrected chi connectivity index (χ4v) is 3.79. The van der Waals surface area contributed by atoms with E-state index in [4.69, 9.17) is 24.2 Å². The zero-order valence-corrected chi connectivity index (χ0v) is 21.0. The number of rotatable bonds is 11. The number of unbranched alkanes of at least 4 members (excludes halogenated alkanes) is 1. The predicted molar refractivity (Wildman–Crippen MR) is 141 cm³/mol. The van der Waals surface area contributed by atoms with Crippen LogP contribution in [-0.4, -0.2) is 35.3 Å². The second-order valence-corrected chi connectivity index (χ2v) is 8.94. The van der Waals surface area contributed by atoms with Crippen molar-refractivity contribution < 1.29 is 19.0 Å². The minimum Gasteiger partial charge on any atom is -0.477 e. The highest BCUT2D eigenvalue weighted by Gasteiger charge is 2.23. The van der Waals surface area contributed by atoms with Gasteiger partial charge in [-0.15, -0.1) is 0 Å². The molecule has 1 heterocycles. The molecule has 0 aliphatic rings. The lowest BCUT2D eigenvalue weighted by molar-refractivity contribution is -0.161. The smallest absolute Gasteiger partial charge is 0.340 e. The Kier molecular flexibility index (Phi) is 8.63. The van der Waals surface area contributed by atoms with Crippen LogP contribution in [0.4, 0.5) is 0 Å². The maximum atomic E-state index is 12.6. The molecule has 0 saturated carbocycles. The van der Waals surface area contributed by atoms with E-state index in [0.717, 1.165) is 34.9 Å². The van der Waals surface area contributed by atoms with Gasteiger partial charge in [0.1, 0.15) is 0 Å². The first-order chi connectivity index (χ1) is 17.5. The second kappa shape index (κ2) is 12.3. The molecule has 4 aromatic rings. The maximum Gasteiger partial charge on any atom is 0.340 e. The van der Waals surface area contributed by atoms with Gasteiger partial charge >= 0.3 is 5.97 Å². The maximum absolute atomic E-state index is 12.6. The molecule has 1 atom stereocenters. The van der Waals surface area contributed by atoms with Crippen LogP contribution in [0, 0.1) is 6.92 Å². The van der Waals surface area contributed by atoms with E-state index in [2.05, 4.69) is 6.92 Å². The average Bonchev–Trinajstić information content (AvgIpc) is 2.88. The van der Waals surface area contributed by atoms with E-state index in [9.17, 15) is 4.79 Å². The minimum absolute atomic E-state index is 0.201. The third kappa shape index (κ3) is 6.67. The van der Waals surface area contributed by atoms with Crippen LogP contribution in [0.25, 0.3) is 22.3 Å². The molecule has 186 valence electrons. The van der Waals surface area contributed by atoms with Crippen LogP contribution >= 0.6 is 0 Å².